The summed E-state index contributed by atoms with van der Waals surface area (Å²) < 4.78 is 0. The summed E-state index contributed by atoms with van der Waals surface area (Å²) in [6.45, 7) is 7.76. The predicted octanol–water partition coefficient (Wildman–Crippen LogP) is 4.22. The molecule has 0 aliphatic heterocycles. The van der Waals surface area contributed by atoms with E-state index in [1.54, 1.807) is 0 Å². The van der Waals surface area contributed by atoms with E-state index in [2.05, 4.69) is 50.9 Å². The molecule has 1 rings (SSSR count). The van der Waals surface area contributed by atoms with Gasteiger partial charge in [-0.3, -0.25) is 0 Å². The van der Waals surface area contributed by atoms with Crippen LogP contribution in [0.4, 0.5) is 5.69 Å². The molecule has 1 atom stereocenters. The molecule has 1 aromatic carbocycles. The van der Waals surface area contributed by atoms with Gasteiger partial charge in [0, 0.05) is 25.2 Å². The van der Waals surface area contributed by atoms with Gasteiger partial charge in [-0.05, 0) is 36.1 Å². The van der Waals surface area contributed by atoms with Gasteiger partial charge in [0.25, 0.3) is 0 Å². The molecule has 0 bridgehead atoms. The van der Waals surface area contributed by atoms with Gasteiger partial charge in [0.05, 0.1) is 0 Å². The first-order chi connectivity index (χ1) is 7.58. The number of hydrogen-bond donors (Lipinski definition) is 0. The molecule has 90 valence electrons. The third-order valence-corrected chi connectivity index (χ3v) is 3.48. The lowest BCUT2D eigenvalue weighted by atomic mass is 10.1. The van der Waals surface area contributed by atoms with E-state index in [1.807, 2.05) is 0 Å². The zero-order chi connectivity index (χ0) is 12.1. The molecular weight excluding hydrogens is 218 g/mol. The molecule has 1 unspecified atom stereocenters. The summed E-state index contributed by atoms with van der Waals surface area (Å²) in [5, 5.41) is 0. The van der Waals surface area contributed by atoms with Crippen LogP contribution in [0.3, 0.4) is 0 Å². The van der Waals surface area contributed by atoms with Crippen LogP contribution in [-0.4, -0.2) is 13.6 Å². The highest BCUT2D eigenvalue weighted by Gasteiger charge is 2.06. The lowest BCUT2D eigenvalue weighted by Gasteiger charge is -2.23. The standard InChI is InChI=1S/C14H22ClN/c1-5-11(2)10-16(4)14-7-6-13(9-15)12(3)8-14/h6-8,11H,5,9-10H2,1-4H3. The summed E-state index contributed by atoms with van der Waals surface area (Å²) in [5.41, 5.74) is 3.79. The van der Waals surface area contributed by atoms with Gasteiger partial charge in [0.1, 0.15) is 0 Å². The quantitative estimate of drug-likeness (QED) is 0.696. The number of nitrogens with zero attached hydrogens (tertiary/aromatic N) is 1. The minimum Gasteiger partial charge on any atom is -0.374 e. The average Bonchev–Trinajstić information content (AvgIpc) is 2.28. The van der Waals surface area contributed by atoms with Crippen LogP contribution in [0.2, 0.25) is 0 Å². The maximum atomic E-state index is 5.86. The Kier molecular flexibility index (Phi) is 5.14. The Morgan fingerprint density at radius 1 is 1.38 bits per heavy atom. The fourth-order valence-electron chi connectivity index (χ4n) is 1.77. The monoisotopic (exact) mass is 239 g/mol. The Balaban J connectivity index is 2.76. The van der Waals surface area contributed by atoms with Crippen LogP contribution < -0.4 is 4.90 Å². The van der Waals surface area contributed by atoms with Crippen molar-refractivity contribution in [3.05, 3.63) is 29.3 Å². The lowest BCUT2D eigenvalue weighted by Crippen LogP contribution is -2.23. The molecule has 16 heavy (non-hydrogen) atoms. The van der Waals surface area contributed by atoms with Crippen LogP contribution in [0, 0.1) is 12.8 Å². The highest BCUT2D eigenvalue weighted by atomic mass is 35.5. The van der Waals surface area contributed by atoms with Gasteiger partial charge in [0.2, 0.25) is 0 Å². The second-order valence-electron chi connectivity index (χ2n) is 4.64. The van der Waals surface area contributed by atoms with Crippen LogP contribution in [0.25, 0.3) is 0 Å². The summed E-state index contributed by atoms with van der Waals surface area (Å²) in [6.07, 6.45) is 1.23. The zero-order valence-electron chi connectivity index (χ0n) is 10.8. The second kappa shape index (κ2) is 6.15. The van der Waals surface area contributed by atoms with Crippen LogP contribution in [0.1, 0.15) is 31.4 Å². The zero-order valence-corrected chi connectivity index (χ0v) is 11.5. The maximum absolute atomic E-state index is 5.86. The molecule has 0 saturated heterocycles. The van der Waals surface area contributed by atoms with Gasteiger partial charge in [0.15, 0.2) is 0 Å². The van der Waals surface area contributed by atoms with Gasteiger partial charge in [-0.1, -0.05) is 26.3 Å². The van der Waals surface area contributed by atoms with Gasteiger partial charge in [-0.2, -0.15) is 0 Å². The van der Waals surface area contributed by atoms with Gasteiger partial charge in [-0.25, -0.2) is 0 Å². The van der Waals surface area contributed by atoms with E-state index >= 15 is 0 Å². The Morgan fingerprint density at radius 2 is 2.06 bits per heavy atom. The number of halogens is 1. The Hall–Kier alpha value is -0.690. The van der Waals surface area contributed by atoms with E-state index in [1.165, 1.54) is 23.2 Å². The molecule has 0 radical (unpaired) electrons. The molecule has 0 spiro atoms. The number of anilines is 1. The highest BCUT2D eigenvalue weighted by Crippen LogP contribution is 2.20. The van der Waals surface area contributed by atoms with Gasteiger partial charge >= 0.3 is 0 Å². The fraction of sp³-hybridized carbons (Fsp3) is 0.571. The number of benzene rings is 1. The normalized spacial score (nSPS) is 12.6. The second-order valence-corrected chi connectivity index (χ2v) is 4.91. The molecule has 0 N–H and O–H groups in total. The van der Waals surface area contributed by atoms with Gasteiger partial charge in [-0.15, -0.1) is 11.6 Å². The van der Waals surface area contributed by atoms with Crippen molar-refractivity contribution in [2.45, 2.75) is 33.1 Å². The maximum Gasteiger partial charge on any atom is 0.0476 e. The molecule has 0 fully saturated rings. The average molecular weight is 240 g/mol. The minimum atomic E-state index is 0.598. The largest absolute Gasteiger partial charge is 0.374 e. The third-order valence-electron chi connectivity index (χ3n) is 3.19. The van der Waals surface area contributed by atoms with Crippen LogP contribution in [0.5, 0.6) is 0 Å². The van der Waals surface area contributed by atoms with Crippen molar-refractivity contribution in [2.24, 2.45) is 5.92 Å². The minimum absolute atomic E-state index is 0.598. The fourth-order valence-corrected chi connectivity index (χ4v) is 2.07. The van der Waals surface area contributed by atoms with Gasteiger partial charge < -0.3 is 4.90 Å². The van der Waals surface area contributed by atoms with Crippen molar-refractivity contribution in [1.29, 1.82) is 0 Å². The van der Waals surface area contributed by atoms with Crippen LogP contribution in [0.15, 0.2) is 18.2 Å². The predicted molar refractivity (Wildman–Crippen MR) is 73.5 cm³/mol. The van der Waals surface area contributed by atoms with E-state index < -0.39 is 0 Å². The van der Waals surface area contributed by atoms with Crippen molar-refractivity contribution in [3.63, 3.8) is 0 Å². The van der Waals surface area contributed by atoms with Crippen molar-refractivity contribution >= 4 is 17.3 Å². The number of aryl methyl sites for hydroxylation is 1. The highest BCUT2D eigenvalue weighted by molar-refractivity contribution is 6.17. The molecule has 0 aliphatic carbocycles. The van der Waals surface area contributed by atoms with E-state index in [9.17, 15) is 0 Å². The molecule has 0 saturated carbocycles. The van der Waals surface area contributed by atoms with Crippen LogP contribution >= 0.6 is 11.6 Å². The third kappa shape index (κ3) is 3.41. The lowest BCUT2D eigenvalue weighted by molar-refractivity contribution is 0.560. The van der Waals surface area contributed by atoms with Crippen molar-refractivity contribution in [2.75, 3.05) is 18.5 Å². The van der Waals surface area contributed by atoms with Crippen molar-refractivity contribution in [3.8, 4) is 0 Å². The molecule has 0 heterocycles. The first-order valence-corrected chi connectivity index (χ1v) is 6.48. The molecular formula is C14H22ClN. The molecule has 2 heteroatoms. The summed E-state index contributed by atoms with van der Waals surface area (Å²) in [7, 11) is 2.15. The number of hydrogen-bond acceptors (Lipinski definition) is 1. The van der Waals surface area contributed by atoms with E-state index in [0.29, 0.717) is 5.88 Å². The topological polar surface area (TPSA) is 3.24 Å². The molecule has 0 aliphatic rings. The SMILES string of the molecule is CCC(C)CN(C)c1ccc(CCl)c(C)c1. The van der Waals surface area contributed by atoms with E-state index in [-0.39, 0.29) is 0 Å². The molecule has 0 aromatic heterocycles. The Morgan fingerprint density at radius 3 is 2.56 bits per heavy atom. The summed E-state index contributed by atoms with van der Waals surface area (Å²) in [5.74, 6) is 1.33. The number of alkyl halides is 1. The summed E-state index contributed by atoms with van der Waals surface area (Å²) in [4.78, 5) is 2.32. The van der Waals surface area contributed by atoms with Crippen molar-refractivity contribution < 1.29 is 0 Å². The smallest absolute Gasteiger partial charge is 0.0476 e. The van der Waals surface area contributed by atoms with Crippen molar-refractivity contribution in [1.82, 2.24) is 0 Å². The van der Waals surface area contributed by atoms with E-state index in [0.717, 1.165) is 12.5 Å². The molecule has 0 amide bonds. The van der Waals surface area contributed by atoms with Crippen LogP contribution in [-0.2, 0) is 5.88 Å². The molecule has 1 aromatic rings. The Bertz CT molecular complexity index is 336. The number of rotatable bonds is 5. The Labute approximate surface area is 104 Å². The van der Waals surface area contributed by atoms with E-state index in [4.69, 9.17) is 11.6 Å². The summed E-state index contributed by atoms with van der Waals surface area (Å²) >= 11 is 5.86. The summed E-state index contributed by atoms with van der Waals surface area (Å²) in [6, 6.07) is 6.51. The first kappa shape index (κ1) is 13.4. The first-order valence-electron chi connectivity index (χ1n) is 5.95. The molecule has 1 nitrogen and oxygen atoms in total.